The molecule has 0 aromatic carbocycles. The molecule has 0 aliphatic carbocycles. The second kappa shape index (κ2) is 7.14. The summed E-state index contributed by atoms with van der Waals surface area (Å²) in [4.78, 5) is 0. The Kier molecular flexibility index (Phi) is 8.62. The van der Waals surface area contributed by atoms with Crippen molar-refractivity contribution in [3.63, 3.8) is 0 Å². The third kappa shape index (κ3) is 6.81. The monoisotopic (exact) mass is 272 g/mol. The molecule has 0 aliphatic rings. The molecule has 1 unspecified atom stereocenters. The van der Waals surface area contributed by atoms with E-state index in [1.807, 2.05) is 5.48 Å². The molecule has 0 amide bonds. The van der Waals surface area contributed by atoms with E-state index in [1.165, 1.54) is 0 Å². The number of nitrogens with two attached hydrogens (primary N) is 1. The summed E-state index contributed by atoms with van der Waals surface area (Å²) in [6.45, 7) is 0.946. The van der Waals surface area contributed by atoms with E-state index in [0.29, 0.717) is 0 Å². The predicted molar refractivity (Wildman–Crippen MR) is 55.2 cm³/mol. The second-order valence-corrected chi connectivity index (χ2v) is 6.24. The average molecular weight is 272 g/mol. The van der Waals surface area contributed by atoms with Gasteiger partial charge in [0.2, 0.25) is 4.58 Å². The molecule has 4 N–H and O–H groups in total. The van der Waals surface area contributed by atoms with E-state index in [4.69, 9.17) is 10.3 Å². The number of rotatable bonds is 6. The standard InChI is InChI=1S/C4H12N2O6S2.Na.H/c1-4(13(7,8)9)14(10,11)12-6-3-2-5;;/h4,6H,2-3,5H2,1H3,(H,7,8,9);;. The number of nitrogens with one attached hydrogen (secondary N) is 1. The van der Waals surface area contributed by atoms with Crippen LogP contribution in [-0.4, -0.2) is 68.6 Å². The van der Waals surface area contributed by atoms with E-state index in [-0.39, 0.29) is 42.6 Å². The van der Waals surface area contributed by atoms with Crippen LogP contribution < -0.4 is 11.2 Å². The Morgan fingerprint density at radius 3 is 2.20 bits per heavy atom. The Morgan fingerprint density at radius 2 is 1.87 bits per heavy atom. The number of hydrogen-bond acceptors (Lipinski definition) is 7. The topological polar surface area (TPSA) is 136 Å². The zero-order valence-electron chi connectivity index (χ0n) is 7.37. The minimum atomic E-state index is -4.68. The molecule has 0 aliphatic heterocycles. The van der Waals surface area contributed by atoms with Crippen molar-refractivity contribution < 1.29 is 25.7 Å². The van der Waals surface area contributed by atoms with E-state index in [9.17, 15) is 16.8 Å². The summed E-state index contributed by atoms with van der Waals surface area (Å²) in [6, 6.07) is 0. The Balaban J connectivity index is 0. The average Bonchev–Trinajstić information content (AvgIpc) is 2.01. The summed E-state index contributed by atoms with van der Waals surface area (Å²) in [7, 11) is -9.08. The van der Waals surface area contributed by atoms with Crippen LogP contribution in [0.1, 0.15) is 6.92 Å². The van der Waals surface area contributed by atoms with Gasteiger partial charge < -0.3 is 5.73 Å². The number of hydrogen-bond donors (Lipinski definition) is 3. The van der Waals surface area contributed by atoms with E-state index in [0.717, 1.165) is 6.92 Å². The number of hydroxylamine groups is 1. The van der Waals surface area contributed by atoms with Gasteiger partial charge in [0.15, 0.2) is 0 Å². The van der Waals surface area contributed by atoms with Crippen molar-refractivity contribution in [1.29, 1.82) is 0 Å². The summed E-state index contributed by atoms with van der Waals surface area (Å²) in [6.07, 6.45) is 0. The van der Waals surface area contributed by atoms with Gasteiger partial charge in [-0.3, -0.25) is 4.55 Å². The summed E-state index contributed by atoms with van der Waals surface area (Å²) in [5.41, 5.74) is 6.95. The van der Waals surface area contributed by atoms with E-state index >= 15 is 0 Å². The van der Waals surface area contributed by atoms with Gasteiger partial charge in [-0.1, -0.05) is 0 Å². The quantitative estimate of drug-likeness (QED) is 0.207. The first-order valence-electron chi connectivity index (χ1n) is 3.53. The normalized spacial score (nSPS) is 14.3. The second-order valence-electron chi connectivity index (χ2n) is 2.34. The van der Waals surface area contributed by atoms with Crippen molar-refractivity contribution in [2.45, 2.75) is 11.5 Å². The van der Waals surface area contributed by atoms with Gasteiger partial charge in [0, 0.05) is 13.1 Å². The molecule has 0 heterocycles. The summed E-state index contributed by atoms with van der Waals surface area (Å²) in [5, 5.41) is 0. The maximum absolute atomic E-state index is 11.0. The molecule has 0 aromatic rings. The molecule has 11 heteroatoms. The van der Waals surface area contributed by atoms with Gasteiger partial charge in [-0.05, 0) is 6.92 Å². The van der Waals surface area contributed by atoms with Gasteiger partial charge in [-0.25, -0.2) is 0 Å². The van der Waals surface area contributed by atoms with Crippen molar-refractivity contribution in [2.75, 3.05) is 13.1 Å². The van der Waals surface area contributed by atoms with Crippen LogP contribution in [0.25, 0.3) is 0 Å². The zero-order valence-corrected chi connectivity index (χ0v) is 9.01. The van der Waals surface area contributed by atoms with Gasteiger partial charge in [0.25, 0.3) is 10.1 Å². The molecule has 0 fully saturated rings. The van der Waals surface area contributed by atoms with E-state index in [1.54, 1.807) is 0 Å². The van der Waals surface area contributed by atoms with Crippen molar-refractivity contribution in [3.8, 4) is 0 Å². The van der Waals surface area contributed by atoms with Crippen LogP contribution in [0.4, 0.5) is 0 Å². The summed E-state index contributed by atoms with van der Waals surface area (Å²) >= 11 is 0. The molecule has 0 aromatic heterocycles. The van der Waals surface area contributed by atoms with Gasteiger partial charge in [-0.2, -0.15) is 26.6 Å². The minimum absolute atomic E-state index is 0. The fourth-order valence-electron chi connectivity index (χ4n) is 0.399. The third-order valence-electron chi connectivity index (χ3n) is 1.25. The molecule has 0 spiro atoms. The first-order chi connectivity index (χ1) is 6.22. The molecule has 0 rings (SSSR count). The third-order valence-corrected chi connectivity index (χ3v) is 4.69. The predicted octanol–water partition coefficient (Wildman–Crippen LogP) is -2.62. The van der Waals surface area contributed by atoms with Crippen LogP contribution in [0.3, 0.4) is 0 Å². The van der Waals surface area contributed by atoms with Crippen LogP contribution >= 0.6 is 0 Å². The molecule has 0 radical (unpaired) electrons. The van der Waals surface area contributed by atoms with Crippen LogP contribution in [0.5, 0.6) is 0 Å². The van der Waals surface area contributed by atoms with Gasteiger partial charge in [0.05, 0.1) is 0 Å². The first-order valence-corrected chi connectivity index (χ1v) is 6.51. The van der Waals surface area contributed by atoms with Crippen LogP contribution in [-0.2, 0) is 24.5 Å². The molecule has 0 bridgehead atoms. The molecule has 8 nitrogen and oxygen atoms in total. The Hall–Kier alpha value is 0.740. The molecule has 1 atom stereocenters. The van der Waals surface area contributed by atoms with Gasteiger partial charge in [0.1, 0.15) is 0 Å². The summed E-state index contributed by atoms with van der Waals surface area (Å²) in [5.74, 6) is 0. The molecule has 0 saturated carbocycles. The van der Waals surface area contributed by atoms with Gasteiger partial charge >= 0.3 is 39.7 Å². The Morgan fingerprint density at radius 1 is 1.40 bits per heavy atom. The first kappa shape index (κ1) is 18.1. The van der Waals surface area contributed by atoms with Gasteiger partial charge in [-0.15, -0.1) is 0 Å². The van der Waals surface area contributed by atoms with Crippen molar-refractivity contribution in [2.24, 2.45) is 5.73 Å². The van der Waals surface area contributed by atoms with Crippen molar-refractivity contribution in [1.82, 2.24) is 5.48 Å². The van der Waals surface area contributed by atoms with Crippen LogP contribution in [0.15, 0.2) is 0 Å². The fourth-order valence-corrected chi connectivity index (χ4v) is 2.09. The molecule has 88 valence electrons. The molecular formula is C4H13N2NaO6S2. The molecule has 15 heavy (non-hydrogen) atoms. The zero-order chi connectivity index (χ0) is 11.4. The van der Waals surface area contributed by atoms with Crippen LogP contribution in [0, 0.1) is 0 Å². The molecule has 0 saturated heterocycles. The maximum atomic E-state index is 11.0. The van der Waals surface area contributed by atoms with Crippen molar-refractivity contribution >= 4 is 49.8 Å². The van der Waals surface area contributed by atoms with E-state index in [2.05, 4.69) is 4.28 Å². The van der Waals surface area contributed by atoms with E-state index < -0.39 is 24.8 Å². The van der Waals surface area contributed by atoms with Crippen LogP contribution in [0.2, 0.25) is 0 Å². The SMILES string of the molecule is CC(S(=O)(=O)O)S(=O)(=O)ONCCN.[NaH]. The summed E-state index contributed by atoms with van der Waals surface area (Å²) < 4.78 is 53.3. The Bertz CT molecular complexity index is 365. The fraction of sp³-hybridized carbons (Fsp3) is 1.00. The molecular weight excluding hydrogens is 259 g/mol. The Labute approximate surface area is 111 Å². The van der Waals surface area contributed by atoms with Crippen molar-refractivity contribution in [3.05, 3.63) is 0 Å².